The molecule has 0 aliphatic carbocycles. The van der Waals surface area contributed by atoms with Gasteiger partial charge in [0.1, 0.15) is 5.75 Å². The van der Waals surface area contributed by atoms with Gasteiger partial charge in [-0.1, -0.05) is 29.8 Å². The second-order valence-electron chi connectivity index (χ2n) is 5.53. The van der Waals surface area contributed by atoms with Crippen LogP contribution in [0.15, 0.2) is 48.5 Å². The predicted octanol–water partition coefficient (Wildman–Crippen LogP) is 2.99. The van der Waals surface area contributed by atoms with Gasteiger partial charge in [-0.15, -0.1) is 11.8 Å². The molecular formula is C19H22N2O3S. The van der Waals surface area contributed by atoms with Crippen molar-refractivity contribution in [3.05, 3.63) is 59.7 Å². The first-order valence-corrected chi connectivity index (χ1v) is 9.06. The normalized spacial score (nSPS) is 10.2. The van der Waals surface area contributed by atoms with Gasteiger partial charge >= 0.3 is 0 Å². The minimum Gasteiger partial charge on any atom is -0.497 e. The fraction of sp³-hybridized carbons (Fsp3) is 0.263. The molecule has 25 heavy (non-hydrogen) atoms. The maximum Gasteiger partial charge on any atom is 0.234 e. The lowest BCUT2D eigenvalue weighted by Gasteiger charge is -2.07. The van der Waals surface area contributed by atoms with Gasteiger partial charge < -0.3 is 15.4 Å². The number of thioether (sulfide) groups is 1. The van der Waals surface area contributed by atoms with E-state index < -0.39 is 0 Å². The molecule has 132 valence electrons. The molecule has 6 heteroatoms. The Morgan fingerprint density at radius 3 is 2.24 bits per heavy atom. The summed E-state index contributed by atoms with van der Waals surface area (Å²) in [6, 6.07) is 15.1. The number of carbonyl (C=O) groups is 2. The van der Waals surface area contributed by atoms with E-state index in [1.54, 1.807) is 31.4 Å². The molecule has 5 nitrogen and oxygen atoms in total. The Labute approximate surface area is 152 Å². The lowest BCUT2D eigenvalue weighted by Crippen LogP contribution is -2.25. The van der Waals surface area contributed by atoms with Crippen molar-refractivity contribution in [3.8, 4) is 5.75 Å². The Hall–Kier alpha value is -2.47. The zero-order valence-corrected chi connectivity index (χ0v) is 15.2. The second-order valence-corrected chi connectivity index (χ2v) is 6.52. The number of aryl methyl sites for hydroxylation is 1. The molecule has 0 aromatic heterocycles. The van der Waals surface area contributed by atoms with Crippen LogP contribution in [0, 0.1) is 6.92 Å². The molecule has 0 saturated heterocycles. The van der Waals surface area contributed by atoms with Crippen LogP contribution in [0.3, 0.4) is 0 Å². The van der Waals surface area contributed by atoms with E-state index in [0.29, 0.717) is 12.2 Å². The van der Waals surface area contributed by atoms with Gasteiger partial charge in [-0.25, -0.2) is 0 Å². The summed E-state index contributed by atoms with van der Waals surface area (Å²) in [5.41, 5.74) is 2.95. The number of nitrogens with one attached hydrogen (secondary N) is 2. The van der Waals surface area contributed by atoms with Crippen LogP contribution in [0.1, 0.15) is 11.1 Å². The zero-order chi connectivity index (χ0) is 18.1. The van der Waals surface area contributed by atoms with Crippen molar-refractivity contribution in [2.75, 3.05) is 23.9 Å². The largest absolute Gasteiger partial charge is 0.497 e. The highest BCUT2D eigenvalue weighted by Gasteiger charge is 2.06. The molecule has 0 aliphatic rings. The third kappa shape index (κ3) is 6.89. The standard InChI is InChI=1S/C19H22N2O3S/c1-14-3-5-15(6-4-14)11-20-18(22)12-25-13-19(23)21-16-7-9-17(24-2)10-8-16/h3-10H,11-13H2,1-2H3,(H,20,22)(H,21,23). The Morgan fingerprint density at radius 2 is 1.60 bits per heavy atom. The average Bonchev–Trinajstić information content (AvgIpc) is 2.62. The van der Waals surface area contributed by atoms with Gasteiger partial charge in [0.05, 0.1) is 18.6 Å². The maximum absolute atomic E-state index is 11.9. The van der Waals surface area contributed by atoms with E-state index in [-0.39, 0.29) is 23.3 Å². The number of benzene rings is 2. The number of hydrogen-bond acceptors (Lipinski definition) is 4. The summed E-state index contributed by atoms with van der Waals surface area (Å²) >= 11 is 1.29. The van der Waals surface area contributed by atoms with Crippen molar-refractivity contribution in [2.45, 2.75) is 13.5 Å². The summed E-state index contributed by atoms with van der Waals surface area (Å²) in [5, 5.41) is 5.63. The Balaban J connectivity index is 1.64. The number of anilines is 1. The van der Waals surface area contributed by atoms with Crippen LogP contribution in [0.25, 0.3) is 0 Å². The molecule has 2 aromatic carbocycles. The van der Waals surface area contributed by atoms with Crippen LogP contribution in [0.4, 0.5) is 5.69 Å². The molecule has 0 heterocycles. The van der Waals surface area contributed by atoms with E-state index in [1.807, 2.05) is 31.2 Å². The molecule has 0 unspecified atom stereocenters. The average molecular weight is 358 g/mol. The van der Waals surface area contributed by atoms with Gasteiger partial charge in [0.15, 0.2) is 0 Å². The minimum absolute atomic E-state index is 0.0807. The van der Waals surface area contributed by atoms with Gasteiger partial charge in [0.25, 0.3) is 0 Å². The number of hydrogen-bond donors (Lipinski definition) is 2. The molecule has 0 aliphatic heterocycles. The van der Waals surface area contributed by atoms with Gasteiger partial charge in [-0.05, 0) is 36.8 Å². The van der Waals surface area contributed by atoms with Crippen LogP contribution < -0.4 is 15.4 Å². The second kappa shape index (κ2) is 9.74. The Kier molecular flexibility index (Phi) is 7.35. The first-order valence-electron chi connectivity index (χ1n) is 7.90. The van der Waals surface area contributed by atoms with Crippen molar-refractivity contribution in [3.63, 3.8) is 0 Å². The molecule has 0 fully saturated rings. The number of methoxy groups -OCH3 is 1. The summed E-state index contributed by atoms with van der Waals surface area (Å²) in [6.45, 7) is 2.52. The van der Waals surface area contributed by atoms with E-state index >= 15 is 0 Å². The zero-order valence-electron chi connectivity index (χ0n) is 14.4. The molecule has 2 N–H and O–H groups in total. The van der Waals surface area contributed by atoms with Gasteiger partial charge in [0.2, 0.25) is 11.8 Å². The summed E-state index contributed by atoms with van der Waals surface area (Å²) in [5.74, 6) is 0.994. The number of amides is 2. The van der Waals surface area contributed by atoms with Crippen LogP contribution in [-0.4, -0.2) is 30.4 Å². The highest BCUT2D eigenvalue weighted by atomic mass is 32.2. The topological polar surface area (TPSA) is 67.4 Å². The molecule has 2 rings (SSSR count). The van der Waals surface area contributed by atoms with Gasteiger partial charge in [0, 0.05) is 12.2 Å². The molecular weight excluding hydrogens is 336 g/mol. The van der Waals surface area contributed by atoms with Crippen LogP contribution in [0.5, 0.6) is 5.75 Å². The Morgan fingerprint density at radius 1 is 0.960 bits per heavy atom. The number of rotatable bonds is 8. The molecule has 2 aromatic rings. The maximum atomic E-state index is 11.9. The van der Waals surface area contributed by atoms with Crippen molar-refractivity contribution >= 4 is 29.3 Å². The van der Waals surface area contributed by atoms with Crippen molar-refractivity contribution in [1.82, 2.24) is 5.32 Å². The van der Waals surface area contributed by atoms with Crippen LogP contribution >= 0.6 is 11.8 Å². The number of ether oxygens (including phenoxy) is 1. The highest BCUT2D eigenvalue weighted by Crippen LogP contribution is 2.15. The lowest BCUT2D eigenvalue weighted by molar-refractivity contribution is -0.118. The molecule has 0 atom stereocenters. The van der Waals surface area contributed by atoms with Crippen LogP contribution in [-0.2, 0) is 16.1 Å². The van der Waals surface area contributed by atoms with Gasteiger partial charge in [-0.3, -0.25) is 9.59 Å². The molecule has 0 radical (unpaired) electrons. The fourth-order valence-electron chi connectivity index (χ4n) is 2.07. The highest BCUT2D eigenvalue weighted by molar-refractivity contribution is 8.00. The Bertz CT molecular complexity index is 700. The predicted molar refractivity (Wildman–Crippen MR) is 102 cm³/mol. The third-order valence-corrected chi connectivity index (χ3v) is 4.38. The molecule has 0 saturated carbocycles. The monoisotopic (exact) mass is 358 g/mol. The summed E-state index contributed by atoms with van der Waals surface area (Å²) < 4.78 is 5.06. The first kappa shape index (κ1) is 18.9. The summed E-state index contributed by atoms with van der Waals surface area (Å²) in [4.78, 5) is 23.7. The van der Waals surface area contributed by atoms with E-state index in [1.165, 1.54) is 17.3 Å². The van der Waals surface area contributed by atoms with E-state index in [4.69, 9.17) is 4.74 Å². The van der Waals surface area contributed by atoms with Crippen molar-refractivity contribution in [1.29, 1.82) is 0 Å². The number of carbonyl (C=O) groups excluding carboxylic acids is 2. The van der Waals surface area contributed by atoms with Crippen molar-refractivity contribution in [2.24, 2.45) is 0 Å². The minimum atomic E-state index is -0.137. The van der Waals surface area contributed by atoms with E-state index in [9.17, 15) is 9.59 Å². The quantitative estimate of drug-likeness (QED) is 0.761. The van der Waals surface area contributed by atoms with Crippen LogP contribution in [0.2, 0.25) is 0 Å². The summed E-state index contributed by atoms with van der Waals surface area (Å²) in [7, 11) is 1.59. The first-order chi connectivity index (χ1) is 12.1. The van der Waals surface area contributed by atoms with Crippen molar-refractivity contribution < 1.29 is 14.3 Å². The lowest BCUT2D eigenvalue weighted by atomic mass is 10.1. The SMILES string of the molecule is COc1ccc(NC(=O)CSCC(=O)NCc2ccc(C)cc2)cc1. The summed E-state index contributed by atoms with van der Waals surface area (Å²) in [6.07, 6.45) is 0. The van der Waals surface area contributed by atoms with E-state index in [2.05, 4.69) is 10.6 Å². The molecule has 0 bridgehead atoms. The van der Waals surface area contributed by atoms with E-state index in [0.717, 1.165) is 11.3 Å². The molecule has 0 spiro atoms. The third-order valence-electron chi connectivity index (χ3n) is 3.45. The fourth-order valence-corrected chi connectivity index (χ4v) is 2.71. The smallest absolute Gasteiger partial charge is 0.234 e. The molecule has 2 amide bonds. The van der Waals surface area contributed by atoms with Gasteiger partial charge in [-0.2, -0.15) is 0 Å².